The van der Waals surface area contributed by atoms with Gasteiger partial charge in [-0.15, -0.1) is 0 Å². The molecule has 0 aliphatic carbocycles. The Kier molecular flexibility index (Phi) is 9.95. The first-order valence-electron chi connectivity index (χ1n) is 16.2. The third kappa shape index (κ3) is 6.79. The number of piperidine rings is 1. The summed E-state index contributed by atoms with van der Waals surface area (Å²) >= 11 is 1.62. The van der Waals surface area contributed by atoms with Crippen molar-refractivity contribution in [1.29, 1.82) is 0 Å². The maximum atomic E-state index is 5.90. The minimum atomic E-state index is 0.499. The number of hydrogen-bond donors (Lipinski definition) is 2. The Morgan fingerprint density at radius 1 is 0.978 bits per heavy atom. The number of hydrogen-bond acceptors (Lipinski definition) is 12. The summed E-state index contributed by atoms with van der Waals surface area (Å²) < 4.78 is 8.00. The second kappa shape index (κ2) is 14.3. The van der Waals surface area contributed by atoms with Crippen LogP contribution in [-0.2, 0) is 6.42 Å². The fourth-order valence-corrected chi connectivity index (χ4v) is 6.93. The predicted molar refractivity (Wildman–Crippen MR) is 191 cm³/mol. The Labute approximate surface area is 276 Å². The molecule has 4 heterocycles. The molecule has 2 N–H and O–H groups in total. The quantitative estimate of drug-likeness (QED) is 0.207. The van der Waals surface area contributed by atoms with Crippen LogP contribution in [0.4, 0.5) is 34.5 Å². The molecule has 0 bridgehead atoms. The average molecular weight is 643 g/mol. The summed E-state index contributed by atoms with van der Waals surface area (Å²) in [5, 5.41) is 7.04. The molecular weight excluding hydrogens is 597 g/mol. The molecule has 0 atom stereocenters. The molecule has 0 radical (unpaired) electrons. The molecule has 4 aromatic rings. The van der Waals surface area contributed by atoms with Crippen molar-refractivity contribution >= 4 is 57.5 Å². The molecule has 0 amide bonds. The van der Waals surface area contributed by atoms with E-state index >= 15 is 0 Å². The topological polar surface area (TPSA) is 97.8 Å². The Hall–Kier alpha value is -3.87. The first kappa shape index (κ1) is 32.1. The molecule has 2 aliphatic rings. The zero-order valence-corrected chi connectivity index (χ0v) is 28.7. The number of anilines is 6. The van der Waals surface area contributed by atoms with Crippen LogP contribution in [0.2, 0.25) is 0 Å². The number of nitrogens with zero attached hydrogens (tertiary/aromatic N) is 8. The average Bonchev–Trinajstić information content (AvgIpc) is 3.08. The second-order valence-electron chi connectivity index (χ2n) is 12.1. The van der Waals surface area contributed by atoms with Crippen molar-refractivity contribution in [3.05, 3.63) is 54.0 Å². The minimum absolute atomic E-state index is 0.499. The number of nitrogens with one attached hydrogen (secondary N) is 2. The molecule has 0 saturated carbocycles. The van der Waals surface area contributed by atoms with Crippen LogP contribution in [0, 0.1) is 6.92 Å². The van der Waals surface area contributed by atoms with Gasteiger partial charge in [-0.1, -0.05) is 18.9 Å². The molecule has 11 nitrogen and oxygen atoms in total. The van der Waals surface area contributed by atoms with Gasteiger partial charge in [-0.2, -0.15) is 4.98 Å². The van der Waals surface area contributed by atoms with E-state index in [-0.39, 0.29) is 0 Å². The van der Waals surface area contributed by atoms with Gasteiger partial charge < -0.3 is 29.5 Å². The fraction of sp³-hybridized carbons (Fsp3) is 0.471. The number of aromatic nitrogens is 4. The van der Waals surface area contributed by atoms with Gasteiger partial charge in [0.25, 0.3) is 0 Å². The lowest BCUT2D eigenvalue weighted by Gasteiger charge is -2.43. The van der Waals surface area contributed by atoms with E-state index in [9.17, 15) is 0 Å². The van der Waals surface area contributed by atoms with Crippen molar-refractivity contribution in [1.82, 2.24) is 29.7 Å². The van der Waals surface area contributed by atoms with E-state index in [1.807, 2.05) is 31.6 Å². The molecule has 46 heavy (non-hydrogen) atoms. The zero-order valence-electron chi connectivity index (χ0n) is 27.9. The van der Waals surface area contributed by atoms with E-state index in [1.54, 1.807) is 31.5 Å². The molecule has 2 aromatic heterocycles. The van der Waals surface area contributed by atoms with Crippen molar-refractivity contribution in [2.24, 2.45) is 0 Å². The highest BCUT2D eigenvalue weighted by molar-refractivity contribution is 7.99. The standard InChI is InChI=1S/C34H46N10OS/c1-7-24-22-37-34(40-33(24)38-27-9-8-26-31(36-13-12-35-26)32(27)42(4)46-6)39-28-20-23(2)29(21-30(28)45-5)44-14-10-25(11-15-44)43-18-16-41(3)17-19-43/h8-9,12-13,20-22,25H,7,10-11,14-19H2,1-6H3,(H2,37,38,39,40). The van der Waals surface area contributed by atoms with E-state index < -0.39 is 0 Å². The Balaban J connectivity index is 1.21. The maximum Gasteiger partial charge on any atom is 0.229 e. The molecule has 2 aliphatic heterocycles. The number of aryl methyl sites for hydroxylation is 2. The number of likely N-dealkylation sites (N-methyl/N-ethyl adjacent to an activating group) is 1. The molecule has 2 fully saturated rings. The molecule has 6 rings (SSSR count). The van der Waals surface area contributed by atoms with Crippen LogP contribution in [0.25, 0.3) is 11.0 Å². The van der Waals surface area contributed by atoms with Gasteiger partial charge in [-0.3, -0.25) is 14.9 Å². The number of ether oxygens (including phenoxy) is 1. The number of rotatable bonds is 10. The third-order valence-corrected chi connectivity index (χ3v) is 10.1. The number of methoxy groups -OCH3 is 1. The first-order valence-corrected chi connectivity index (χ1v) is 17.3. The smallest absolute Gasteiger partial charge is 0.229 e. The van der Waals surface area contributed by atoms with Crippen LogP contribution < -0.4 is 24.6 Å². The Morgan fingerprint density at radius 3 is 2.46 bits per heavy atom. The van der Waals surface area contributed by atoms with Gasteiger partial charge >= 0.3 is 0 Å². The highest BCUT2D eigenvalue weighted by Gasteiger charge is 2.28. The second-order valence-corrected chi connectivity index (χ2v) is 13.0. The summed E-state index contributed by atoms with van der Waals surface area (Å²) in [5.41, 5.74) is 7.82. The van der Waals surface area contributed by atoms with Crippen LogP contribution in [0.3, 0.4) is 0 Å². The summed E-state index contributed by atoms with van der Waals surface area (Å²) in [4.78, 5) is 26.4. The normalized spacial score (nSPS) is 16.5. The highest BCUT2D eigenvalue weighted by Crippen LogP contribution is 2.38. The van der Waals surface area contributed by atoms with Gasteiger partial charge in [0.2, 0.25) is 5.95 Å². The van der Waals surface area contributed by atoms with Crippen molar-refractivity contribution < 1.29 is 4.74 Å². The SMILES string of the molecule is CCc1cnc(Nc2cc(C)c(N3CCC(N4CCN(C)CC4)CC3)cc2OC)nc1Nc1ccc2nccnc2c1N(C)SC. The molecule has 2 saturated heterocycles. The zero-order chi connectivity index (χ0) is 32.2. The summed E-state index contributed by atoms with van der Waals surface area (Å²) in [6.07, 6.45) is 10.5. The Morgan fingerprint density at radius 2 is 1.74 bits per heavy atom. The van der Waals surface area contributed by atoms with Gasteiger partial charge in [0.15, 0.2) is 0 Å². The van der Waals surface area contributed by atoms with E-state index in [0.29, 0.717) is 12.0 Å². The van der Waals surface area contributed by atoms with E-state index in [4.69, 9.17) is 9.72 Å². The van der Waals surface area contributed by atoms with Crippen LogP contribution in [0.5, 0.6) is 5.75 Å². The molecule has 12 heteroatoms. The summed E-state index contributed by atoms with van der Waals surface area (Å²) in [6.45, 7) is 11.1. The molecule has 0 spiro atoms. The monoisotopic (exact) mass is 642 g/mol. The molecule has 0 unspecified atom stereocenters. The van der Waals surface area contributed by atoms with Crippen LogP contribution in [0.1, 0.15) is 30.9 Å². The van der Waals surface area contributed by atoms with E-state index in [2.05, 4.69) is 77.6 Å². The molecule has 2 aromatic carbocycles. The lowest BCUT2D eigenvalue weighted by molar-refractivity contribution is 0.0982. The van der Waals surface area contributed by atoms with E-state index in [1.165, 1.54) is 50.3 Å². The van der Waals surface area contributed by atoms with Crippen LogP contribution in [0.15, 0.2) is 42.9 Å². The van der Waals surface area contributed by atoms with Crippen LogP contribution >= 0.6 is 11.9 Å². The first-order chi connectivity index (χ1) is 22.4. The largest absolute Gasteiger partial charge is 0.494 e. The maximum absolute atomic E-state index is 5.90. The summed E-state index contributed by atoms with van der Waals surface area (Å²) in [5.74, 6) is 2.02. The number of piperazine rings is 1. The molecule has 244 valence electrons. The lowest BCUT2D eigenvalue weighted by Crippen LogP contribution is -2.52. The Bertz CT molecular complexity index is 1650. The van der Waals surface area contributed by atoms with E-state index in [0.717, 1.165) is 64.7 Å². The van der Waals surface area contributed by atoms with Crippen molar-refractivity contribution in [3.63, 3.8) is 0 Å². The molecular formula is C34H46N10OS. The highest BCUT2D eigenvalue weighted by atomic mass is 32.2. The van der Waals surface area contributed by atoms with Crippen molar-refractivity contribution in [2.75, 3.05) is 86.6 Å². The fourth-order valence-electron chi connectivity index (χ4n) is 6.56. The van der Waals surface area contributed by atoms with Gasteiger partial charge in [-0.25, -0.2) is 4.98 Å². The lowest BCUT2D eigenvalue weighted by atomic mass is 10.0. The van der Waals surface area contributed by atoms with Crippen molar-refractivity contribution in [2.45, 2.75) is 39.2 Å². The number of fused-ring (bicyclic) bond motifs is 1. The summed E-state index contributed by atoms with van der Waals surface area (Å²) in [6, 6.07) is 9.01. The van der Waals surface area contributed by atoms with Crippen molar-refractivity contribution in [3.8, 4) is 5.75 Å². The van der Waals surface area contributed by atoms with Gasteiger partial charge in [-0.05, 0) is 57.0 Å². The predicted octanol–water partition coefficient (Wildman–Crippen LogP) is 5.72. The van der Waals surface area contributed by atoms with Gasteiger partial charge in [0.05, 0.1) is 29.7 Å². The third-order valence-electron chi connectivity index (χ3n) is 9.33. The number of benzene rings is 2. The summed E-state index contributed by atoms with van der Waals surface area (Å²) in [7, 11) is 5.97. The van der Waals surface area contributed by atoms with Gasteiger partial charge in [0.1, 0.15) is 17.1 Å². The minimum Gasteiger partial charge on any atom is -0.494 e. The van der Waals surface area contributed by atoms with Gasteiger partial charge in [0, 0.05) is 94.5 Å². The van der Waals surface area contributed by atoms with Crippen LogP contribution in [-0.4, -0.2) is 103 Å².